The van der Waals surface area contributed by atoms with Crippen LogP contribution in [0, 0.1) is 5.92 Å². The molecule has 0 unspecified atom stereocenters. The van der Waals surface area contributed by atoms with E-state index >= 15 is 0 Å². The third kappa shape index (κ3) is 1.89. The fourth-order valence-electron chi connectivity index (χ4n) is 4.45. The molecule has 112 valence electrons. The highest BCUT2D eigenvalue weighted by Gasteiger charge is 2.51. The number of hydrogen-bond acceptors (Lipinski definition) is 4. The Morgan fingerprint density at radius 3 is 3.00 bits per heavy atom. The van der Waals surface area contributed by atoms with Gasteiger partial charge in [-0.1, -0.05) is 6.07 Å². The lowest BCUT2D eigenvalue weighted by molar-refractivity contribution is -0.144. The third-order valence-electron chi connectivity index (χ3n) is 5.38. The summed E-state index contributed by atoms with van der Waals surface area (Å²) in [6.07, 6.45) is 3.03. The first-order chi connectivity index (χ1) is 10.2. The number of fused-ring (bicyclic) bond motifs is 5. The van der Waals surface area contributed by atoms with E-state index in [-0.39, 0.29) is 24.0 Å². The Morgan fingerprint density at radius 1 is 1.33 bits per heavy atom. The van der Waals surface area contributed by atoms with Gasteiger partial charge in [-0.25, -0.2) is 0 Å². The van der Waals surface area contributed by atoms with Crippen molar-refractivity contribution in [2.45, 2.75) is 44.4 Å². The molecule has 1 aromatic carbocycles. The molecule has 0 bridgehead atoms. The highest BCUT2D eigenvalue weighted by molar-refractivity contribution is 5.76. The molecule has 0 spiro atoms. The molecule has 4 atom stereocenters. The van der Waals surface area contributed by atoms with E-state index in [9.17, 15) is 4.79 Å². The molecule has 0 N–H and O–H groups in total. The zero-order valence-electron chi connectivity index (χ0n) is 12.5. The lowest BCUT2D eigenvalue weighted by Crippen LogP contribution is -2.52. The number of piperidine rings is 1. The molecule has 0 amide bonds. The van der Waals surface area contributed by atoms with Crippen molar-refractivity contribution in [2.75, 3.05) is 13.7 Å². The number of methoxy groups -OCH3 is 1. The number of esters is 1. The number of ether oxygens (including phenoxy) is 2. The van der Waals surface area contributed by atoms with Crippen LogP contribution in [0.1, 0.15) is 36.9 Å². The fourth-order valence-corrected chi connectivity index (χ4v) is 4.45. The zero-order valence-corrected chi connectivity index (χ0v) is 12.5. The summed E-state index contributed by atoms with van der Waals surface area (Å²) < 4.78 is 10.8. The lowest BCUT2D eigenvalue weighted by Gasteiger charge is -2.46. The maximum atomic E-state index is 12.0. The topological polar surface area (TPSA) is 38.8 Å². The Morgan fingerprint density at radius 2 is 2.19 bits per heavy atom. The van der Waals surface area contributed by atoms with Gasteiger partial charge in [0.2, 0.25) is 0 Å². The summed E-state index contributed by atoms with van der Waals surface area (Å²) in [6.45, 7) is 3.04. The molecular weight excluding hydrogens is 266 g/mol. The van der Waals surface area contributed by atoms with E-state index in [1.165, 1.54) is 11.1 Å². The van der Waals surface area contributed by atoms with Crippen molar-refractivity contribution < 1.29 is 14.3 Å². The van der Waals surface area contributed by atoms with Gasteiger partial charge in [0.25, 0.3) is 0 Å². The van der Waals surface area contributed by atoms with Gasteiger partial charge in [0.1, 0.15) is 11.9 Å². The second-order valence-electron chi connectivity index (χ2n) is 6.38. The maximum absolute atomic E-state index is 12.0. The summed E-state index contributed by atoms with van der Waals surface area (Å²) in [5.41, 5.74) is 2.80. The van der Waals surface area contributed by atoms with Gasteiger partial charge in [-0.05, 0) is 49.4 Å². The molecule has 0 aromatic heterocycles. The molecular formula is C17H21NO3. The van der Waals surface area contributed by atoms with Crippen LogP contribution in [0.3, 0.4) is 0 Å². The smallest absolute Gasteiger partial charge is 0.310 e. The molecule has 4 heteroatoms. The first-order valence-corrected chi connectivity index (χ1v) is 7.82. The van der Waals surface area contributed by atoms with Crippen LogP contribution >= 0.6 is 0 Å². The number of carbonyl (C=O) groups excluding carboxylic acids is 1. The second-order valence-corrected chi connectivity index (χ2v) is 6.38. The normalized spacial score (nSPS) is 34.7. The highest BCUT2D eigenvalue weighted by atomic mass is 16.6. The molecule has 0 radical (unpaired) electrons. The van der Waals surface area contributed by atoms with Crippen molar-refractivity contribution in [1.29, 1.82) is 0 Å². The number of benzene rings is 1. The molecule has 3 aliphatic rings. The minimum Gasteiger partial charge on any atom is -0.497 e. The molecule has 4 rings (SSSR count). The maximum Gasteiger partial charge on any atom is 0.310 e. The first kappa shape index (κ1) is 13.1. The molecule has 0 aliphatic carbocycles. The average molecular weight is 287 g/mol. The Kier molecular flexibility index (Phi) is 2.96. The average Bonchev–Trinajstić information content (AvgIpc) is 2.81. The summed E-state index contributed by atoms with van der Waals surface area (Å²) >= 11 is 0. The van der Waals surface area contributed by atoms with Crippen molar-refractivity contribution in [1.82, 2.24) is 4.90 Å². The van der Waals surface area contributed by atoms with Crippen LogP contribution in [0.2, 0.25) is 0 Å². The summed E-state index contributed by atoms with van der Waals surface area (Å²) in [4.78, 5) is 14.5. The van der Waals surface area contributed by atoms with Crippen LogP contribution in [0.5, 0.6) is 5.75 Å². The van der Waals surface area contributed by atoms with Crippen LogP contribution in [-0.2, 0) is 16.0 Å². The van der Waals surface area contributed by atoms with E-state index < -0.39 is 0 Å². The second kappa shape index (κ2) is 4.73. The van der Waals surface area contributed by atoms with Crippen molar-refractivity contribution in [3.05, 3.63) is 29.3 Å². The molecule has 2 saturated heterocycles. The van der Waals surface area contributed by atoms with Crippen LogP contribution in [0.4, 0.5) is 0 Å². The molecule has 3 heterocycles. The Bertz CT molecular complexity index is 585. The molecule has 2 fully saturated rings. The third-order valence-corrected chi connectivity index (χ3v) is 5.38. The minimum absolute atomic E-state index is 0.00600. The van der Waals surface area contributed by atoms with E-state index in [1.807, 2.05) is 13.0 Å². The van der Waals surface area contributed by atoms with Gasteiger partial charge in [-0.15, -0.1) is 0 Å². The Labute approximate surface area is 125 Å². The number of rotatable bonds is 1. The van der Waals surface area contributed by atoms with Crippen LogP contribution in [-0.4, -0.2) is 36.7 Å². The van der Waals surface area contributed by atoms with Gasteiger partial charge in [0, 0.05) is 12.6 Å². The van der Waals surface area contributed by atoms with Crippen molar-refractivity contribution in [3.63, 3.8) is 0 Å². The Balaban J connectivity index is 1.69. The largest absolute Gasteiger partial charge is 0.497 e. The van der Waals surface area contributed by atoms with Gasteiger partial charge >= 0.3 is 5.97 Å². The van der Waals surface area contributed by atoms with Crippen LogP contribution in [0.15, 0.2) is 18.2 Å². The Hall–Kier alpha value is -1.55. The van der Waals surface area contributed by atoms with Gasteiger partial charge in [-0.3, -0.25) is 9.69 Å². The van der Waals surface area contributed by atoms with E-state index in [0.29, 0.717) is 6.04 Å². The number of hydrogen-bond donors (Lipinski definition) is 0. The van der Waals surface area contributed by atoms with Gasteiger partial charge < -0.3 is 9.47 Å². The van der Waals surface area contributed by atoms with E-state index in [0.717, 1.165) is 31.6 Å². The molecule has 21 heavy (non-hydrogen) atoms. The first-order valence-electron chi connectivity index (χ1n) is 7.82. The van der Waals surface area contributed by atoms with Crippen molar-refractivity contribution >= 4 is 5.97 Å². The highest BCUT2D eigenvalue weighted by Crippen LogP contribution is 2.46. The number of carbonyl (C=O) groups is 1. The van der Waals surface area contributed by atoms with E-state index in [4.69, 9.17) is 9.47 Å². The standard InChI is InChI=1S/C17H21NO3/c1-10-16-14(17(19)21-10)5-6-15-13-4-3-12(20-2)9-11(13)7-8-18(15)16/h3-4,9-10,14-16H,5-8H2,1-2H3/t10-,14+,15+,16+/m0/s1. The monoisotopic (exact) mass is 287 g/mol. The summed E-state index contributed by atoms with van der Waals surface area (Å²) in [5, 5.41) is 0. The molecule has 4 nitrogen and oxygen atoms in total. The predicted molar refractivity (Wildman–Crippen MR) is 78.2 cm³/mol. The SMILES string of the molecule is COc1ccc2c(c1)CCN1[C@@H]3[C@H](C)OC(=O)[C@@H]3CC[C@H]21. The van der Waals surface area contributed by atoms with Crippen molar-refractivity contribution in [2.24, 2.45) is 5.92 Å². The van der Waals surface area contributed by atoms with Gasteiger partial charge in [0.15, 0.2) is 0 Å². The minimum atomic E-state index is 0.00600. The number of nitrogens with zero attached hydrogens (tertiary/aromatic N) is 1. The summed E-state index contributed by atoms with van der Waals surface area (Å²) in [7, 11) is 1.71. The van der Waals surface area contributed by atoms with E-state index in [1.54, 1.807) is 7.11 Å². The summed E-state index contributed by atoms with van der Waals surface area (Å²) in [5.74, 6) is 1.02. The molecule has 1 aromatic rings. The van der Waals surface area contributed by atoms with Crippen LogP contribution in [0.25, 0.3) is 0 Å². The van der Waals surface area contributed by atoms with E-state index in [2.05, 4.69) is 17.0 Å². The predicted octanol–water partition coefficient (Wildman–Crippen LogP) is 2.32. The molecule has 0 saturated carbocycles. The zero-order chi connectivity index (χ0) is 14.6. The fraction of sp³-hybridized carbons (Fsp3) is 0.588. The molecule has 3 aliphatic heterocycles. The lowest BCUT2D eigenvalue weighted by atomic mass is 9.79. The van der Waals surface area contributed by atoms with Crippen molar-refractivity contribution in [3.8, 4) is 5.75 Å². The summed E-state index contributed by atoms with van der Waals surface area (Å²) in [6, 6.07) is 7.10. The van der Waals surface area contributed by atoms with Crippen LogP contribution < -0.4 is 4.74 Å². The number of cyclic esters (lactones) is 1. The quantitative estimate of drug-likeness (QED) is 0.743. The van der Waals surface area contributed by atoms with Gasteiger partial charge in [-0.2, -0.15) is 0 Å². The van der Waals surface area contributed by atoms with Gasteiger partial charge in [0.05, 0.1) is 19.1 Å².